The number of hydrogen-bond donors (Lipinski definition) is 3. The van der Waals surface area contributed by atoms with Crippen LogP contribution in [0.3, 0.4) is 0 Å². The molecule has 0 unspecified atom stereocenters. The highest BCUT2D eigenvalue weighted by molar-refractivity contribution is 5.86. The molecular weight excluding hydrogens is 444 g/mol. The van der Waals surface area contributed by atoms with E-state index < -0.39 is 18.1 Å². The van der Waals surface area contributed by atoms with Crippen molar-refractivity contribution in [2.45, 2.75) is 62.9 Å². The molecular formula is C28H32N2O5. The van der Waals surface area contributed by atoms with Gasteiger partial charge in [-0.1, -0.05) is 61.4 Å². The molecule has 35 heavy (non-hydrogen) atoms. The van der Waals surface area contributed by atoms with Crippen LogP contribution in [0.15, 0.2) is 48.5 Å². The number of aliphatic carboxylic acids is 1. The Morgan fingerprint density at radius 3 is 2.17 bits per heavy atom. The minimum atomic E-state index is -0.800. The summed E-state index contributed by atoms with van der Waals surface area (Å²) < 4.78 is 5.66. The number of alkyl carbamates (subject to hydrolysis) is 1. The van der Waals surface area contributed by atoms with Gasteiger partial charge in [0.1, 0.15) is 12.6 Å². The number of rotatable bonds is 9. The van der Waals surface area contributed by atoms with Gasteiger partial charge in [-0.25, -0.2) is 4.79 Å². The van der Waals surface area contributed by atoms with Crippen molar-refractivity contribution in [2.75, 3.05) is 6.61 Å². The van der Waals surface area contributed by atoms with Gasteiger partial charge < -0.3 is 20.5 Å². The molecule has 2 saturated carbocycles. The van der Waals surface area contributed by atoms with E-state index in [1.807, 2.05) is 24.3 Å². The molecule has 0 radical (unpaired) electrons. The van der Waals surface area contributed by atoms with Crippen LogP contribution in [0, 0.1) is 11.8 Å². The lowest BCUT2D eigenvalue weighted by atomic mass is 9.98. The highest BCUT2D eigenvalue weighted by Gasteiger charge is 2.34. The average Bonchev–Trinajstić information content (AvgIpc) is 3.47. The van der Waals surface area contributed by atoms with Crippen molar-refractivity contribution in [3.05, 3.63) is 59.7 Å². The Morgan fingerprint density at radius 1 is 0.914 bits per heavy atom. The maximum atomic E-state index is 13.0. The summed E-state index contributed by atoms with van der Waals surface area (Å²) in [6.07, 6.45) is 4.52. The van der Waals surface area contributed by atoms with Crippen LogP contribution in [0.1, 0.15) is 62.0 Å². The molecule has 5 rings (SSSR count). The zero-order chi connectivity index (χ0) is 24.4. The standard InChI is InChI=1S/C28H32N2O5/c31-26(32)15-18-11-12-19(13-18)29-27(33)25(14-17-9-10-17)30-28(34)35-16-24-22-7-3-1-5-20(22)21-6-2-4-8-23(21)24/h1-8,17-19,24-25H,9-16H2,(H,29,33)(H,30,34)(H,31,32)/t18-,19+,25-/m0/s1. The lowest BCUT2D eigenvalue weighted by Gasteiger charge is -2.22. The van der Waals surface area contributed by atoms with Gasteiger partial charge in [0.25, 0.3) is 0 Å². The smallest absolute Gasteiger partial charge is 0.407 e. The predicted octanol–water partition coefficient (Wildman–Crippen LogP) is 4.45. The third-order valence-corrected chi connectivity index (χ3v) is 7.57. The average molecular weight is 477 g/mol. The predicted molar refractivity (Wildman–Crippen MR) is 131 cm³/mol. The third-order valence-electron chi connectivity index (χ3n) is 7.57. The topological polar surface area (TPSA) is 105 Å². The Hall–Kier alpha value is -3.35. The van der Waals surface area contributed by atoms with Crippen LogP contribution in [-0.2, 0) is 14.3 Å². The van der Waals surface area contributed by atoms with Gasteiger partial charge >= 0.3 is 12.1 Å². The lowest BCUT2D eigenvalue weighted by molar-refractivity contribution is -0.138. The fourth-order valence-electron chi connectivity index (χ4n) is 5.64. The minimum absolute atomic E-state index is 0.0338. The van der Waals surface area contributed by atoms with E-state index in [2.05, 4.69) is 34.9 Å². The highest BCUT2D eigenvalue weighted by Crippen LogP contribution is 2.44. The van der Waals surface area contributed by atoms with Crippen molar-refractivity contribution >= 4 is 18.0 Å². The molecule has 0 saturated heterocycles. The Morgan fingerprint density at radius 2 is 1.54 bits per heavy atom. The van der Waals surface area contributed by atoms with Gasteiger partial charge in [-0.2, -0.15) is 0 Å². The van der Waals surface area contributed by atoms with Crippen molar-refractivity contribution in [1.82, 2.24) is 10.6 Å². The Labute approximate surface area is 205 Å². The van der Waals surface area contributed by atoms with Crippen LogP contribution in [-0.4, -0.2) is 41.8 Å². The molecule has 3 atom stereocenters. The van der Waals surface area contributed by atoms with Crippen molar-refractivity contribution in [1.29, 1.82) is 0 Å². The van der Waals surface area contributed by atoms with E-state index in [9.17, 15) is 14.4 Å². The van der Waals surface area contributed by atoms with Crippen molar-refractivity contribution in [2.24, 2.45) is 11.8 Å². The monoisotopic (exact) mass is 476 g/mol. The van der Waals surface area contributed by atoms with Gasteiger partial charge in [-0.15, -0.1) is 0 Å². The second-order valence-electron chi connectivity index (χ2n) is 10.2. The number of carbonyl (C=O) groups is 3. The summed E-state index contributed by atoms with van der Waals surface area (Å²) in [7, 11) is 0. The second-order valence-corrected chi connectivity index (χ2v) is 10.2. The molecule has 2 amide bonds. The van der Waals surface area contributed by atoms with Crippen LogP contribution in [0.5, 0.6) is 0 Å². The van der Waals surface area contributed by atoms with E-state index in [1.54, 1.807) is 0 Å². The second kappa shape index (κ2) is 10.1. The van der Waals surface area contributed by atoms with E-state index in [1.165, 1.54) is 11.1 Å². The first-order valence-corrected chi connectivity index (χ1v) is 12.6. The Balaban J connectivity index is 1.18. The van der Waals surface area contributed by atoms with Crippen LogP contribution in [0.25, 0.3) is 11.1 Å². The Bertz CT molecular complexity index is 1070. The molecule has 2 fully saturated rings. The number of ether oxygens (including phenoxy) is 1. The largest absolute Gasteiger partial charge is 0.481 e. The SMILES string of the molecule is O=C(O)C[C@H]1CC[C@@H](NC(=O)[C@H](CC2CC2)NC(=O)OCC2c3ccccc3-c3ccccc32)C1. The minimum Gasteiger partial charge on any atom is -0.481 e. The number of nitrogens with one attached hydrogen (secondary N) is 2. The summed E-state index contributed by atoms with van der Waals surface area (Å²) in [6.45, 7) is 0.205. The first kappa shape index (κ1) is 23.4. The van der Waals surface area contributed by atoms with Crippen molar-refractivity contribution < 1.29 is 24.2 Å². The van der Waals surface area contributed by atoms with Crippen LogP contribution in [0.2, 0.25) is 0 Å². The summed E-state index contributed by atoms with van der Waals surface area (Å²) in [5, 5.41) is 14.9. The number of benzene rings is 2. The van der Waals surface area contributed by atoms with Gasteiger partial charge in [0, 0.05) is 18.4 Å². The van der Waals surface area contributed by atoms with E-state index >= 15 is 0 Å². The molecule has 0 bridgehead atoms. The first-order valence-electron chi connectivity index (χ1n) is 12.6. The molecule has 184 valence electrons. The quantitative estimate of drug-likeness (QED) is 0.496. The molecule has 0 aliphatic heterocycles. The van der Waals surface area contributed by atoms with Gasteiger partial charge in [0.15, 0.2) is 0 Å². The zero-order valence-electron chi connectivity index (χ0n) is 19.7. The molecule has 2 aromatic rings. The summed E-state index contributed by atoms with van der Waals surface area (Å²) in [4.78, 5) is 36.8. The van der Waals surface area contributed by atoms with E-state index in [0.29, 0.717) is 18.8 Å². The summed E-state index contributed by atoms with van der Waals surface area (Å²) >= 11 is 0. The van der Waals surface area contributed by atoms with E-state index in [-0.39, 0.29) is 36.8 Å². The highest BCUT2D eigenvalue weighted by atomic mass is 16.5. The molecule has 7 heteroatoms. The molecule has 0 aromatic heterocycles. The molecule has 7 nitrogen and oxygen atoms in total. The number of carbonyl (C=O) groups excluding carboxylic acids is 2. The molecule has 3 N–H and O–H groups in total. The van der Waals surface area contributed by atoms with Crippen molar-refractivity contribution in [3.8, 4) is 11.1 Å². The number of carboxylic acids is 1. The van der Waals surface area contributed by atoms with Gasteiger partial charge in [-0.3, -0.25) is 9.59 Å². The number of carboxylic acid groups (broad SMARTS) is 1. The molecule has 3 aliphatic rings. The van der Waals surface area contributed by atoms with Gasteiger partial charge in [-0.05, 0) is 59.8 Å². The number of hydrogen-bond acceptors (Lipinski definition) is 4. The molecule has 0 heterocycles. The number of fused-ring (bicyclic) bond motifs is 3. The molecule has 0 spiro atoms. The summed E-state index contributed by atoms with van der Waals surface area (Å²) in [5.41, 5.74) is 4.62. The van der Waals surface area contributed by atoms with Gasteiger partial charge in [0.2, 0.25) is 5.91 Å². The van der Waals surface area contributed by atoms with Crippen LogP contribution in [0.4, 0.5) is 4.79 Å². The fraction of sp³-hybridized carbons (Fsp3) is 0.464. The lowest BCUT2D eigenvalue weighted by Crippen LogP contribution is -2.49. The summed E-state index contributed by atoms with van der Waals surface area (Å²) in [5.74, 6) is -0.497. The first-order chi connectivity index (χ1) is 17.0. The maximum Gasteiger partial charge on any atom is 0.407 e. The van der Waals surface area contributed by atoms with E-state index in [0.717, 1.165) is 36.8 Å². The van der Waals surface area contributed by atoms with Crippen molar-refractivity contribution in [3.63, 3.8) is 0 Å². The van der Waals surface area contributed by atoms with E-state index in [4.69, 9.17) is 9.84 Å². The van der Waals surface area contributed by atoms with Crippen LogP contribution >= 0.6 is 0 Å². The fourth-order valence-corrected chi connectivity index (χ4v) is 5.64. The van der Waals surface area contributed by atoms with Gasteiger partial charge in [0.05, 0.1) is 0 Å². The number of amides is 2. The Kier molecular flexibility index (Phi) is 6.75. The maximum absolute atomic E-state index is 13.0. The van der Waals surface area contributed by atoms with Crippen LogP contribution < -0.4 is 10.6 Å². The zero-order valence-corrected chi connectivity index (χ0v) is 19.7. The normalized spacial score (nSPS) is 21.6. The molecule has 3 aliphatic carbocycles. The molecule has 2 aromatic carbocycles. The third kappa shape index (κ3) is 5.50. The summed E-state index contributed by atoms with van der Waals surface area (Å²) in [6, 6.07) is 15.7.